The van der Waals surface area contributed by atoms with Crippen molar-refractivity contribution in [1.82, 2.24) is 10.2 Å². The van der Waals surface area contributed by atoms with Crippen LogP contribution < -0.4 is 10.1 Å². The number of hydrogen-bond acceptors (Lipinski definition) is 4. The average Bonchev–Trinajstić information content (AvgIpc) is 2.66. The van der Waals surface area contributed by atoms with Crippen molar-refractivity contribution in [3.63, 3.8) is 0 Å². The Bertz CT molecular complexity index is 635. The SMILES string of the molecule is CCNC(=NCc1ccc(Cl)cc1OC)N1CCC(C(=O)OCC)CC1.I. The summed E-state index contributed by atoms with van der Waals surface area (Å²) in [4.78, 5) is 18.8. The van der Waals surface area contributed by atoms with Crippen molar-refractivity contribution in [3.05, 3.63) is 28.8 Å². The molecule has 1 N–H and O–H groups in total. The van der Waals surface area contributed by atoms with Crippen molar-refractivity contribution in [3.8, 4) is 5.75 Å². The van der Waals surface area contributed by atoms with Crippen LogP contribution in [0.5, 0.6) is 5.75 Å². The van der Waals surface area contributed by atoms with Crippen LogP contribution in [-0.2, 0) is 16.1 Å². The average molecular weight is 510 g/mol. The van der Waals surface area contributed by atoms with E-state index in [-0.39, 0.29) is 35.9 Å². The largest absolute Gasteiger partial charge is 0.496 e. The van der Waals surface area contributed by atoms with E-state index in [1.165, 1.54) is 0 Å². The summed E-state index contributed by atoms with van der Waals surface area (Å²) in [7, 11) is 1.63. The first-order valence-electron chi connectivity index (χ1n) is 9.11. The van der Waals surface area contributed by atoms with Crippen molar-refractivity contribution in [2.45, 2.75) is 33.2 Å². The molecule has 27 heavy (non-hydrogen) atoms. The summed E-state index contributed by atoms with van der Waals surface area (Å²) in [6, 6.07) is 5.57. The van der Waals surface area contributed by atoms with E-state index in [0.29, 0.717) is 18.2 Å². The van der Waals surface area contributed by atoms with Crippen LogP contribution in [0.2, 0.25) is 5.02 Å². The van der Waals surface area contributed by atoms with Gasteiger partial charge in [-0.2, -0.15) is 0 Å². The van der Waals surface area contributed by atoms with E-state index in [2.05, 4.69) is 10.2 Å². The second-order valence-corrected chi connectivity index (χ2v) is 6.58. The van der Waals surface area contributed by atoms with Crippen LogP contribution >= 0.6 is 35.6 Å². The highest BCUT2D eigenvalue weighted by atomic mass is 127. The molecule has 1 heterocycles. The van der Waals surface area contributed by atoms with Crippen molar-refractivity contribution in [1.29, 1.82) is 0 Å². The summed E-state index contributed by atoms with van der Waals surface area (Å²) in [5.41, 5.74) is 0.980. The lowest BCUT2D eigenvalue weighted by atomic mass is 9.97. The predicted octanol–water partition coefficient (Wildman–Crippen LogP) is 3.71. The highest BCUT2D eigenvalue weighted by Crippen LogP contribution is 2.24. The van der Waals surface area contributed by atoms with E-state index >= 15 is 0 Å². The first kappa shape index (κ1) is 23.8. The monoisotopic (exact) mass is 509 g/mol. The number of ether oxygens (including phenoxy) is 2. The first-order valence-corrected chi connectivity index (χ1v) is 9.49. The van der Waals surface area contributed by atoms with Crippen LogP contribution in [0.25, 0.3) is 0 Å². The van der Waals surface area contributed by atoms with E-state index in [9.17, 15) is 4.79 Å². The van der Waals surface area contributed by atoms with E-state index in [4.69, 9.17) is 26.1 Å². The fourth-order valence-electron chi connectivity index (χ4n) is 3.02. The lowest BCUT2D eigenvalue weighted by molar-refractivity contribution is -0.149. The van der Waals surface area contributed by atoms with Crippen LogP contribution in [0.1, 0.15) is 32.3 Å². The van der Waals surface area contributed by atoms with Gasteiger partial charge in [0.2, 0.25) is 0 Å². The zero-order valence-electron chi connectivity index (χ0n) is 16.2. The molecule has 0 bridgehead atoms. The maximum Gasteiger partial charge on any atom is 0.309 e. The molecule has 1 aliphatic rings. The number of benzene rings is 1. The normalized spacial score (nSPS) is 15.1. The maximum absolute atomic E-state index is 11.9. The lowest BCUT2D eigenvalue weighted by Gasteiger charge is -2.33. The fraction of sp³-hybridized carbons (Fsp3) is 0.579. The van der Waals surface area contributed by atoms with Gasteiger partial charge < -0.3 is 19.7 Å². The van der Waals surface area contributed by atoms with Crippen LogP contribution in [0.3, 0.4) is 0 Å². The smallest absolute Gasteiger partial charge is 0.309 e. The highest BCUT2D eigenvalue weighted by molar-refractivity contribution is 14.0. The number of nitrogens with one attached hydrogen (secondary N) is 1. The number of piperidine rings is 1. The molecule has 0 amide bonds. The third-order valence-corrected chi connectivity index (χ3v) is 4.63. The fourth-order valence-corrected chi connectivity index (χ4v) is 3.18. The molecule has 2 rings (SSSR count). The van der Waals surface area contributed by atoms with Gasteiger partial charge in [-0.25, -0.2) is 4.99 Å². The van der Waals surface area contributed by atoms with E-state index < -0.39 is 0 Å². The molecular weight excluding hydrogens is 481 g/mol. The summed E-state index contributed by atoms with van der Waals surface area (Å²) in [6.45, 7) is 7.18. The number of likely N-dealkylation sites (tertiary alicyclic amines) is 1. The molecule has 152 valence electrons. The Balaban J connectivity index is 0.00000364. The molecule has 0 aliphatic carbocycles. The predicted molar refractivity (Wildman–Crippen MR) is 119 cm³/mol. The third-order valence-electron chi connectivity index (χ3n) is 4.40. The molecule has 6 nitrogen and oxygen atoms in total. The first-order chi connectivity index (χ1) is 12.6. The van der Waals surface area contributed by atoms with Crippen molar-refractivity contribution < 1.29 is 14.3 Å². The Morgan fingerprint density at radius 1 is 1.33 bits per heavy atom. The molecule has 0 radical (unpaired) electrons. The van der Waals surface area contributed by atoms with Gasteiger partial charge in [-0.1, -0.05) is 17.7 Å². The number of rotatable bonds is 6. The standard InChI is InChI=1S/C19H28ClN3O3.HI/c1-4-21-19(22-13-15-6-7-16(20)12-17(15)25-3)23-10-8-14(9-11-23)18(24)26-5-2;/h6-7,12,14H,4-5,8-11,13H2,1-3H3,(H,21,22);1H. The highest BCUT2D eigenvalue weighted by Gasteiger charge is 2.27. The minimum Gasteiger partial charge on any atom is -0.496 e. The minimum atomic E-state index is -0.0833. The second-order valence-electron chi connectivity index (χ2n) is 6.14. The molecule has 1 saturated heterocycles. The Kier molecular flexibility index (Phi) is 10.8. The quantitative estimate of drug-likeness (QED) is 0.274. The minimum absolute atomic E-state index is 0. The van der Waals surface area contributed by atoms with Gasteiger partial charge in [-0.15, -0.1) is 24.0 Å². The second kappa shape index (κ2) is 12.3. The molecule has 8 heteroatoms. The third kappa shape index (κ3) is 7.03. The van der Waals surface area contributed by atoms with Gasteiger partial charge in [0.1, 0.15) is 5.75 Å². The van der Waals surface area contributed by atoms with Crippen LogP contribution in [-0.4, -0.2) is 50.2 Å². The molecular formula is C19H29ClIN3O3. The van der Waals surface area contributed by atoms with E-state index in [0.717, 1.165) is 49.7 Å². The van der Waals surface area contributed by atoms with Crippen molar-refractivity contribution in [2.24, 2.45) is 10.9 Å². The van der Waals surface area contributed by atoms with Crippen LogP contribution in [0.4, 0.5) is 0 Å². The summed E-state index contributed by atoms with van der Waals surface area (Å²) in [6.07, 6.45) is 1.57. The summed E-state index contributed by atoms with van der Waals surface area (Å²) >= 11 is 6.02. The van der Waals surface area contributed by atoms with Gasteiger partial charge in [0.05, 0.1) is 26.2 Å². The molecule has 0 atom stereocenters. The van der Waals surface area contributed by atoms with E-state index in [1.807, 2.05) is 26.0 Å². The Morgan fingerprint density at radius 2 is 2.04 bits per heavy atom. The number of halogens is 2. The number of nitrogens with zero attached hydrogens (tertiary/aromatic N) is 2. The molecule has 1 aliphatic heterocycles. The number of methoxy groups -OCH3 is 1. The van der Waals surface area contributed by atoms with Gasteiger partial charge in [-0.05, 0) is 38.8 Å². The molecule has 0 saturated carbocycles. The number of esters is 1. The maximum atomic E-state index is 11.9. The zero-order chi connectivity index (χ0) is 18.9. The van der Waals surface area contributed by atoms with Gasteiger partial charge in [0.15, 0.2) is 5.96 Å². The number of aliphatic imine (C=N–C) groups is 1. The zero-order valence-corrected chi connectivity index (χ0v) is 19.3. The van der Waals surface area contributed by atoms with Gasteiger partial charge in [0, 0.05) is 30.2 Å². The Morgan fingerprint density at radius 3 is 2.63 bits per heavy atom. The topological polar surface area (TPSA) is 63.2 Å². The molecule has 1 fully saturated rings. The Labute approximate surface area is 183 Å². The van der Waals surface area contributed by atoms with Gasteiger partial charge in [-0.3, -0.25) is 4.79 Å². The number of guanidine groups is 1. The van der Waals surface area contributed by atoms with Crippen molar-refractivity contribution >= 4 is 47.5 Å². The van der Waals surface area contributed by atoms with Gasteiger partial charge in [0.25, 0.3) is 0 Å². The molecule has 0 unspecified atom stereocenters. The number of carbonyl (C=O) groups is 1. The molecule has 0 spiro atoms. The summed E-state index contributed by atoms with van der Waals surface area (Å²) in [5, 5.41) is 3.97. The van der Waals surface area contributed by atoms with Crippen LogP contribution in [0.15, 0.2) is 23.2 Å². The number of hydrogen-bond donors (Lipinski definition) is 1. The Hall–Kier alpha value is -1.22. The summed E-state index contributed by atoms with van der Waals surface area (Å²) < 4.78 is 10.5. The molecule has 1 aromatic carbocycles. The van der Waals surface area contributed by atoms with Crippen LogP contribution in [0, 0.1) is 5.92 Å². The lowest BCUT2D eigenvalue weighted by Crippen LogP contribution is -2.46. The summed E-state index contributed by atoms with van der Waals surface area (Å²) in [5.74, 6) is 1.50. The van der Waals surface area contributed by atoms with E-state index in [1.54, 1.807) is 13.2 Å². The molecule has 0 aromatic heterocycles. The van der Waals surface area contributed by atoms with Crippen molar-refractivity contribution in [2.75, 3.05) is 33.4 Å². The van der Waals surface area contributed by atoms with Gasteiger partial charge >= 0.3 is 5.97 Å². The number of carbonyl (C=O) groups excluding carboxylic acids is 1. The molecule has 1 aromatic rings.